The molecule has 1 aromatic rings. The summed E-state index contributed by atoms with van der Waals surface area (Å²) in [5.74, 6) is -0.791. The molecule has 0 bridgehead atoms. The first kappa shape index (κ1) is 12.6. The number of nitrogens with zero attached hydrogens (tertiary/aromatic N) is 1. The van der Waals surface area contributed by atoms with Crippen LogP contribution in [0, 0.1) is 5.41 Å². The fourth-order valence-electron chi connectivity index (χ4n) is 1.98. The van der Waals surface area contributed by atoms with Gasteiger partial charge in [-0.3, -0.25) is 9.78 Å². The Bertz CT molecular complexity index is 349. The van der Waals surface area contributed by atoms with Crippen molar-refractivity contribution in [3.63, 3.8) is 0 Å². The van der Waals surface area contributed by atoms with Gasteiger partial charge < -0.3 is 10.4 Å². The second-order valence-corrected chi connectivity index (χ2v) is 4.54. The van der Waals surface area contributed by atoms with Crippen molar-refractivity contribution in [1.82, 2.24) is 10.3 Å². The highest BCUT2D eigenvalue weighted by molar-refractivity contribution is 5.67. The Hall–Kier alpha value is -1.42. The third-order valence-corrected chi connectivity index (χ3v) is 2.66. The zero-order valence-electron chi connectivity index (χ0n) is 9.90. The van der Waals surface area contributed by atoms with Crippen molar-refractivity contribution < 1.29 is 9.90 Å². The number of rotatable bonds is 5. The zero-order chi connectivity index (χ0) is 12.2. The van der Waals surface area contributed by atoms with E-state index in [1.165, 1.54) is 0 Å². The Kier molecular flexibility index (Phi) is 4.01. The Labute approximate surface area is 95.7 Å². The zero-order valence-corrected chi connectivity index (χ0v) is 9.90. The van der Waals surface area contributed by atoms with E-state index < -0.39 is 5.97 Å². The molecule has 4 nitrogen and oxygen atoms in total. The van der Waals surface area contributed by atoms with Gasteiger partial charge in [0.15, 0.2) is 0 Å². The van der Waals surface area contributed by atoms with Gasteiger partial charge in [-0.15, -0.1) is 0 Å². The number of pyridine rings is 1. The summed E-state index contributed by atoms with van der Waals surface area (Å²) in [6, 6.07) is 5.60. The number of carbonyl (C=O) groups is 1. The summed E-state index contributed by atoms with van der Waals surface area (Å²) in [5.41, 5.74) is 0.492. The van der Waals surface area contributed by atoms with Gasteiger partial charge in [0.1, 0.15) is 0 Å². The molecular formula is C12H18N2O2. The van der Waals surface area contributed by atoms with E-state index in [1.807, 2.05) is 39.1 Å². The van der Waals surface area contributed by atoms with E-state index in [9.17, 15) is 4.79 Å². The Morgan fingerprint density at radius 3 is 2.69 bits per heavy atom. The molecule has 0 aromatic carbocycles. The second kappa shape index (κ2) is 5.07. The maximum atomic E-state index is 10.8. The normalized spacial score (nSPS) is 13.4. The highest BCUT2D eigenvalue weighted by Crippen LogP contribution is 2.35. The molecular weight excluding hydrogens is 204 g/mol. The number of aliphatic carboxylic acids is 1. The summed E-state index contributed by atoms with van der Waals surface area (Å²) in [6.07, 6.45) is 1.83. The molecule has 1 atom stereocenters. The van der Waals surface area contributed by atoms with Crippen LogP contribution in [0.15, 0.2) is 24.4 Å². The number of aromatic nitrogens is 1. The molecule has 4 heteroatoms. The number of carboxylic acids is 1. The van der Waals surface area contributed by atoms with Crippen molar-refractivity contribution in [2.75, 3.05) is 7.05 Å². The first-order chi connectivity index (χ1) is 7.47. The number of carboxylic acid groups (broad SMARTS) is 1. The van der Waals surface area contributed by atoms with Gasteiger partial charge in [0.2, 0.25) is 0 Å². The monoisotopic (exact) mass is 222 g/mol. The molecule has 0 aliphatic rings. The SMILES string of the molecule is CNC(c1ccccn1)C(C)(C)CC(=O)O. The summed E-state index contributed by atoms with van der Waals surface area (Å²) in [7, 11) is 1.82. The van der Waals surface area contributed by atoms with E-state index in [1.54, 1.807) is 6.20 Å². The van der Waals surface area contributed by atoms with E-state index in [2.05, 4.69) is 10.3 Å². The fraction of sp³-hybridized carbons (Fsp3) is 0.500. The van der Waals surface area contributed by atoms with E-state index >= 15 is 0 Å². The highest BCUT2D eigenvalue weighted by Gasteiger charge is 2.32. The molecule has 0 spiro atoms. The summed E-state index contributed by atoms with van der Waals surface area (Å²) in [5, 5.41) is 12.0. The Balaban J connectivity index is 2.94. The molecule has 88 valence electrons. The van der Waals surface area contributed by atoms with Gasteiger partial charge in [0.05, 0.1) is 18.2 Å². The predicted molar refractivity (Wildman–Crippen MR) is 62.1 cm³/mol. The molecule has 0 aliphatic carbocycles. The van der Waals surface area contributed by atoms with Crippen LogP contribution >= 0.6 is 0 Å². The standard InChI is InChI=1S/C12H18N2O2/c1-12(2,8-10(15)16)11(13-3)9-6-4-5-7-14-9/h4-7,11,13H,8H2,1-3H3,(H,15,16). The van der Waals surface area contributed by atoms with Gasteiger partial charge in [-0.05, 0) is 24.6 Å². The Morgan fingerprint density at radius 1 is 1.56 bits per heavy atom. The molecule has 0 amide bonds. The molecule has 1 aromatic heterocycles. The quantitative estimate of drug-likeness (QED) is 0.798. The maximum absolute atomic E-state index is 10.8. The van der Waals surface area contributed by atoms with E-state index in [0.717, 1.165) is 5.69 Å². The maximum Gasteiger partial charge on any atom is 0.303 e. The Morgan fingerprint density at radius 2 is 2.25 bits per heavy atom. The van der Waals surface area contributed by atoms with Crippen molar-refractivity contribution in [2.45, 2.75) is 26.3 Å². The van der Waals surface area contributed by atoms with Crippen molar-refractivity contribution in [3.05, 3.63) is 30.1 Å². The molecule has 1 heterocycles. The van der Waals surface area contributed by atoms with Crippen molar-refractivity contribution in [2.24, 2.45) is 5.41 Å². The summed E-state index contributed by atoms with van der Waals surface area (Å²) in [6.45, 7) is 3.86. The second-order valence-electron chi connectivity index (χ2n) is 4.54. The van der Waals surface area contributed by atoms with Crippen LogP contribution in [0.4, 0.5) is 0 Å². The van der Waals surface area contributed by atoms with Gasteiger partial charge in [-0.2, -0.15) is 0 Å². The summed E-state index contributed by atoms with van der Waals surface area (Å²) < 4.78 is 0. The van der Waals surface area contributed by atoms with Crippen molar-refractivity contribution in [1.29, 1.82) is 0 Å². The largest absolute Gasteiger partial charge is 0.481 e. The lowest BCUT2D eigenvalue weighted by Crippen LogP contribution is -2.34. The fourth-order valence-corrected chi connectivity index (χ4v) is 1.98. The van der Waals surface area contributed by atoms with Gasteiger partial charge in [0.25, 0.3) is 0 Å². The van der Waals surface area contributed by atoms with Crippen LogP contribution in [0.1, 0.15) is 32.0 Å². The minimum atomic E-state index is -0.791. The average molecular weight is 222 g/mol. The van der Waals surface area contributed by atoms with E-state index in [0.29, 0.717) is 0 Å². The lowest BCUT2D eigenvalue weighted by atomic mass is 9.79. The smallest absolute Gasteiger partial charge is 0.303 e. The van der Waals surface area contributed by atoms with Gasteiger partial charge >= 0.3 is 5.97 Å². The topological polar surface area (TPSA) is 62.2 Å². The highest BCUT2D eigenvalue weighted by atomic mass is 16.4. The number of nitrogens with one attached hydrogen (secondary N) is 1. The number of hydrogen-bond donors (Lipinski definition) is 2. The lowest BCUT2D eigenvalue weighted by molar-refractivity contribution is -0.139. The molecule has 2 N–H and O–H groups in total. The third-order valence-electron chi connectivity index (χ3n) is 2.66. The first-order valence-corrected chi connectivity index (χ1v) is 5.27. The van der Waals surface area contributed by atoms with E-state index in [-0.39, 0.29) is 17.9 Å². The third kappa shape index (κ3) is 3.03. The number of hydrogen-bond acceptors (Lipinski definition) is 3. The van der Waals surface area contributed by atoms with E-state index in [4.69, 9.17) is 5.11 Å². The van der Waals surface area contributed by atoms with Crippen LogP contribution in [-0.2, 0) is 4.79 Å². The van der Waals surface area contributed by atoms with Gasteiger partial charge in [-0.25, -0.2) is 0 Å². The minimum Gasteiger partial charge on any atom is -0.481 e. The molecule has 1 unspecified atom stereocenters. The molecule has 16 heavy (non-hydrogen) atoms. The molecule has 1 rings (SSSR count). The summed E-state index contributed by atoms with van der Waals surface area (Å²) in [4.78, 5) is 15.1. The van der Waals surface area contributed by atoms with Crippen LogP contribution in [0.2, 0.25) is 0 Å². The first-order valence-electron chi connectivity index (χ1n) is 5.27. The average Bonchev–Trinajstić information content (AvgIpc) is 2.17. The van der Waals surface area contributed by atoms with Gasteiger partial charge in [-0.1, -0.05) is 19.9 Å². The van der Waals surface area contributed by atoms with Crippen LogP contribution < -0.4 is 5.32 Å². The molecule has 0 saturated carbocycles. The molecule has 0 aliphatic heterocycles. The van der Waals surface area contributed by atoms with Crippen LogP contribution in [0.5, 0.6) is 0 Å². The predicted octanol–water partition coefficient (Wildman–Crippen LogP) is 1.84. The minimum absolute atomic E-state index is 0.0650. The van der Waals surface area contributed by atoms with Gasteiger partial charge in [0, 0.05) is 6.20 Å². The molecule has 0 fully saturated rings. The van der Waals surface area contributed by atoms with Crippen LogP contribution in [0.3, 0.4) is 0 Å². The summed E-state index contributed by atoms with van der Waals surface area (Å²) >= 11 is 0. The van der Waals surface area contributed by atoms with Crippen LogP contribution in [-0.4, -0.2) is 23.1 Å². The van der Waals surface area contributed by atoms with Crippen molar-refractivity contribution >= 4 is 5.97 Å². The lowest BCUT2D eigenvalue weighted by Gasteiger charge is -2.32. The van der Waals surface area contributed by atoms with Crippen molar-refractivity contribution in [3.8, 4) is 0 Å². The van der Waals surface area contributed by atoms with Crippen LogP contribution in [0.25, 0.3) is 0 Å². The molecule has 0 saturated heterocycles. The molecule has 0 radical (unpaired) electrons.